The van der Waals surface area contributed by atoms with Gasteiger partial charge in [0.25, 0.3) is 5.89 Å². The molecular weight excluding hydrogens is 321 g/mol. The van der Waals surface area contributed by atoms with Crippen molar-refractivity contribution in [2.45, 2.75) is 6.42 Å². The van der Waals surface area contributed by atoms with Crippen molar-refractivity contribution in [1.82, 2.24) is 10.1 Å². The molecule has 0 atom stereocenters. The lowest BCUT2D eigenvalue weighted by atomic mass is 10.2. The Morgan fingerprint density at radius 2 is 2.00 bits per heavy atom. The van der Waals surface area contributed by atoms with Crippen molar-refractivity contribution in [1.29, 1.82) is 0 Å². The van der Waals surface area contributed by atoms with Crippen LogP contribution in [0.5, 0.6) is 0 Å². The van der Waals surface area contributed by atoms with Gasteiger partial charge < -0.3 is 9.84 Å². The van der Waals surface area contributed by atoms with Crippen LogP contribution in [-0.2, 0) is 11.2 Å². The molecule has 3 aromatic rings. The molecule has 0 radical (unpaired) electrons. The van der Waals surface area contributed by atoms with E-state index in [9.17, 15) is 9.18 Å². The predicted molar refractivity (Wildman–Crippen MR) is 83.5 cm³/mol. The number of nitrogens with zero attached hydrogens (tertiary/aromatic N) is 2. The highest BCUT2D eigenvalue weighted by molar-refractivity contribution is 6.30. The first-order valence-corrected chi connectivity index (χ1v) is 7.12. The standard InChI is InChI=1S/C16H11ClFN3O2/c17-11-3-1-2-10(8-11)16-20-14(21-23-16)9-15(22)19-13-6-4-12(18)5-7-13/h1-8H,9H2,(H,19,22). The number of benzene rings is 2. The number of rotatable bonds is 4. The normalized spacial score (nSPS) is 10.5. The highest BCUT2D eigenvalue weighted by Crippen LogP contribution is 2.21. The second kappa shape index (κ2) is 6.58. The van der Waals surface area contributed by atoms with Gasteiger partial charge in [-0.2, -0.15) is 4.98 Å². The molecule has 0 bridgehead atoms. The molecule has 0 saturated carbocycles. The predicted octanol–water partition coefficient (Wildman–Crippen LogP) is 3.71. The number of carbonyl (C=O) groups is 1. The van der Waals surface area contributed by atoms with E-state index in [1.807, 2.05) is 0 Å². The summed E-state index contributed by atoms with van der Waals surface area (Å²) in [5.74, 6) is -0.154. The minimum Gasteiger partial charge on any atom is -0.334 e. The Morgan fingerprint density at radius 1 is 1.22 bits per heavy atom. The van der Waals surface area contributed by atoms with Crippen molar-refractivity contribution in [3.63, 3.8) is 0 Å². The van der Waals surface area contributed by atoms with Gasteiger partial charge in [0.05, 0.1) is 6.42 Å². The summed E-state index contributed by atoms with van der Waals surface area (Å²) in [4.78, 5) is 16.1. The summed E-state index contributed by atoms with van der Waals surface area (Å²) in [5, 5.41) is 6.95. The zero-order chi connectivity index (χ0) is 16.2. The number of halogens is 2. The van der Waals surface area contributed by atoms with Gasteiger partial charge in [-0.1, -0.05) is 22.8 Å². The zero-order valence-electron chi connectivity index (χ0n) is 11.8. The third kappa shape index (κ3) is 3.92. The summed E-state index contributed by atoms with van der Waals surface area (Å²) >= 11 is 5.91. The quantitative estimate of drug-likeness (QED) is 0.791. The van der Waals surface area contributed by atoms with Gasteiger partial charge in [-0.05, 0) is 42.5 Å². The van der Waals surface area contributed by atoms with Crippen LogP contribution in [0.15, 0.2) is 53.1 Å². The fourth-order valence-electron chi connectivity index (χ4n) is 1.95. The number of amides is 1. The van der Waals surface area contributed by atoms with Crippen LogP contribution in [0.2, 0.25) is 5.02 Å². The average molecular weight is 332 g/mol. The van der Waals surface area contributed by atoms with Crippen LogP contribution in [0.3, 0.4) is 0 Å². The molecule has 0 spiro atoms. The molecule has 2 aromatic carbocycles. The van der Waals surface area contributed by atoms with E-state index >= 15 is 0 Å². The fourth-order valence-corrected chi connectivity index (χ4v) is 2.14. The summed E-state index contributed by atoms with van der Waals surface area (Å²) in [7, 11) is 0. The van der Waals surface area contributed by atoms with Crippen LogP contribution in [0.4, 0.5) is 10.1 Å². The molecule has 5 nitrogen and oxygen atoms in total. The van der Waals surface area contributed by atoms with Crippen LogP contribution in [-0.4, -0.2) is 16.0 Å². The molecule has 0 saturated heterocycles. The van der Waals surface area contributed by atoms with E-state index in [1.54, 1.807) is 24.3 Å². The molecule has 0 aliphatic rings. The molecule has 7 heteroatoms. The number of carbonyl (C=O) groups excluding carboxylic acids is 1. The maximum atomic E-state index is 12.8. The van der Waals surface area contributed by atoms with Gasteiger partial charge in [0.2, 0.25) is 5.91 Å². The van der Waals surface area contributed by atoms with Gasteiger partial charge in [-0.15, -0.1) is 0 Å². The van der Waals surface area contributed by atoms with Crippen molar-refractivity contribution < 1.29 is 13.7 Å². The first-order valence-electron chi connectivity index (χ1n) is 6.74. The molecule has 0 unspecified atom stereocenters. The largest absolute Gasteiger partial charge is 0.334 e. The van der Waals surface area contributed by atoms with Gasteiger partial charge in [-0.25, -0.2) is 4.39 Å². The van der Waals surface area contributed by atoms with Crippen LogP contribution >= 0.6 is 11.6 Å². The molecule has 23 heavy (non-hydrogen) atoms. The molecule has 0 fully saturated rings. The number of hydrogen-bond donors (Lipinski definition) is 1. The molecule has 116 valence electrons. The Kier molecular flexibility index (Phi) is 4.34. The average Bonchev–Trinajstić information content (AvgIpc) is 2.98. The molecular formula is C16H11ClFN3O2. The van der Waals surface area contributed by atoms with Crippen LogP contribution < -0.4 is 5.32 Å². The Morgan fingerprint density at radius 3 is 2.74 bits per heavy atom. The van der Waals surface area contributed by atoms with E-state index in [-0.39, 0.29) is 29.9 Å². The van der Waals surface area contributed by atoms with E-state index in [2.05, 4.69) is 15.5 Å². The van der Waals surface area contributed by atoms with Crippen molar-refractivity contribution >= 4 is 23.2 Å². The summed E-state index contributed by atoms with van der Waals surface area (Å²) in [6.45, 7) is 0. The maximum Gasteiger partial charge on any atom is 0.257 e. The summed E-state index contributed by atoms with van der Waals surface area (Å²) < 4.78 is 17.9. The molecule has 1 aromatic heterocycles. The maximum absolute atomic E-state index is 12.8. The lowest BCUT2D eigenvalue weighted by molar-refractivity contribution is -0.115. The first kappa shape index (κ1) is 15.2. The third-order valence-corrected chi connectivity index (χ3v) is 3.22. The summed E-state index contributed by atoms with van der Waals surface area (Å²) in [6.07, 6.45) is -0.0541. The van der Waals surface area contributed by atoms with Crippen LogP contribution in [0, 0.1) is 5.82 Å². The van der Waals surface area contributed by atoms with Crippen LogP contribution in [0.25, 0.3) is 11.5 Å². The number of nitrogens with one attached hydrogen (secondary N) is 1. The van der Waals surface area contributed by atoms with Gasteiger partial charge in [0, 0.05) is 16.3 Å². The number of hydrogen-bond acceptors (Lipinski definition) is 4. The molecule has 3 rings (SSSR count). The van der Waals surface area contributed by atoms with E-state index < -0.39 is 0 Å². The monoisotopic (exact) mass is 331 g/mol. The zero-order valence-corrected chi connectivity index (χ0v) is 12.5. The van der Waals surface area contributed by atoms with E-state index in [0.29, 0.717) is 16.3 Å². The third-order valence-electron chi connectivity index (χ3n) is 2.99. The Bertz CT molecular complexity index is 833. The highest BCUT2D eigenvalue weighted by atomic mass is 35.5. The van der Waals surface area contributed by atoms with Crippen molar-refractivity contribution in [2.24, 2.45) is 0 Å². The van der Waals surface area contributed by atoms with Crippen molar-refractivity contribution in [3.05, 3.63) is 65.2 Å². The summed E-state index contributed by atoms with van der Waals surface area (Å²) in [5.41, 5.74) is 1.17. The summed E-state index contributed by atoms with van der Waals surface area (Å²) in [6, 6.07) is 12.4. The van der Waals surface area contributed by atoms with E-state index in [4.69, 9.17) is 16.1 Å². The van der Waals surface area contributed by atoms with Gasteiger partial charge in [0.1, 0.15) is 5.82 Å². The fraction of sp³-hybridized carbons (Fsp3) is 0.0625. The smallest absolute Gasteiger partial charge is 0.257 e. The molecule has 1 amide bonds. The van der Waals surface area contributed by atoms with E-state index in [1.165, 1.54) is 24.3 Å². The van der Waals surface area contributed by atoms with Gasteiger partial charge >= 0.3 is 0 Å². The minimum absolute atomic E-state index is 0.0541. The highest BCUT2D eigenvalue weighted by Gasteiger charge is 2.13. The van der Waals surface area contributed by atoms with E-state index in [0.717, 1.165) is 0 Å². The minimum atomic E-state index is -0.368. The second-order valence-corrected chi connectivity index (χ2v) is 5.19. The number of aromatic nitrogens is 2. The van der Waals surface area contributed by atoms with Crippen molar-refractivity contribution in [2.75, 3.05) is 5.32 Å². The van der Waals surface area contributed by atoms with Gasteiger partial charge in [0.15, 0.2) is 5.82 Å². The molecule has 0 aliphatic carbocycles. The Hall–Kier alpha value is -2.73. The SMILES string of the molecule is O=C(Cc1noc(-c2cccc(Cl)c2)n1)Nc1ccc(F)cc1. The molecule has 1 N–H and O–H groups in total. The van der Waals surface area contributed by atoms with Crippen LogP contribution in [0.1, 0.15) is 5.82 Å². The lowest BCUT2D eigenvalue weighted by Crippen LogP contribution is -2.15. The molecule has 0 aliphatic heterocycles. The topological polar surface area (TPSA) is 68.0 Å². The first-order chi connectivity index (χ1) is 11.1. The Labute approximate surface area is 136 Å². The van der Waals surface area contributed by atoms with Crippen molar-refractivity contribution in [3.8, 4) is 11.5 Å². The number of anilines is 1. The Balaban J connectivity index is 1.66. The molecule has 1 heterocycles. The van der Waals surface area contributed by atoms with Gasteiger partial charge in [-0.3, -0.25) is 4.79 Å². The second-order valence-electron chi connectivity index (χ2n) is 4.76. The lowest BCUT2D eigenvalue weighted by Gasteiger charge is -2.02.